The minimum atomic E-state index is -0.996. The van der Waals surface area contributed by atoms with Gasteiger partial charge in [-0.1, -0.05) is 0 Å². The van der Waals surface area contributed by atoms with Gasteiger partial charge in [0.1, 0.15) is 0 Å². The molecule has 0 aliphatic carbocycles. The summed E-state index contributed by atoms with van der Waals surface area (Å²) >= 11 is 0. The molecule has 0 saturated carbocycles. The van der Waals surface area contributed by atoms with Crippen LogP contribution >= 0.6 is 0 Å². The van der Waals surface area contributed by atoms with Crippen LogP contribution in [0.5, 0.6) is 0 Å². The van der Waals surface area contributed by atoms with Gasteiger partial charge < -0.3 is 9.84 Å². The molecular formula is C7H12O3. The highest BCUT2D eigenvalue weighted by Gasteiger charge is 2.07. The number of carbonyl (C=O) groups is 1. The monoisotopic (exact) mass is 144 g/mol. The minimum Gasteiger partial charge on any atom is -0.495 e. The summed E-state index contributed by atoms with van der Waals surface area (Å²) in [5, 5.41) is 8.14. The highest BCUT2D eigenvalue weighted by Crippen LogP contribution is 2.06. The van der Waals surface area contributed by atoms with E-state index < -0.39 is 5.97 Å². The molecule has 3 nitrogen and oxygen atoms in total. The second-order valence-corrected chi connectivity index (χ2v) is 2.87. The van der Waals surface area contributed by atoms with E-state index in [1.807, 2.05) is 20.8 Å². The van der Waals surface area contributed by atoms with Crippen molar-refractivity contribution in [2.75, 3.05) is 0 Å². The molecule has 0 aromatic rings. The van der Waals surface area contributed by atoms with Gasteiger partial charge >= 0.3 is 5.97 Å². The quantitative estimate of drug-likeness (QED) is 0.470. The molecule has 1 N–H and O–H groups in total. The van der Waals surface area contributed by atoms with Crippen LogP contribution in [0.15, 0.2) is 12.3 Å². The first-order valence-electron chi connectivity index (χ1n) is 2.99. The van der Waals surface area contributed by atoms with Crippen LogP contribution in [-0.2, 0) is 9.53 Å². The fourth-order valence-electron chi connectivity index (χ4n) is 0.296. The summed E-state index contributed by atoms with van der Waals surface area (Å²) in [6, 6.07) is 0. The molecule has 0 aliphatic rings. The number of hydrogen-bond donors (Lipinski definition) is 1. The highest BCUT2D eigenvalue weighted by molar-refractivity contribution is 5.79. The van der Waals surface area contributed by atoms with Gasteiger partial charge in [0.05, 0.1) is 17.9 Å². The number of aliphatic carboxylic acids is 1. The van der Waals surface area contributed by atoms with Crippen LogP contribution in [0, 0.1) is 0 Å². The number of carboxylic acids is 1. The lowest BCUT2D eigenvalue weighted by molar-refractivity contribution is -0.131. The lowest BCUT2D eigenvalue weighted by Crippen LogP contribution is -2.15. The molecule has 10 heavy (non-hydrogen) atoms. The number of ether oxygens (including phenoxy) is 1. The van der Waals surface area contributed by atoms with Crippen molar-refractivity contribution in [2.24, 2.45) is 0 Å². The van der Waals surface area contributed by atoms with E-state index in [-0.39, 0.29) is 5.60 Å². The van der Waals surface area contributed by atoms with E-state index >= 15 is 0 Å². The van der Waals surface area contributed by atoms with Gasteiger partial charge in [0.25, 0.3) is 0 Å². The third-order valence-corrected chi connectivity index (χ3v) is 0.632. The molecule has 58 valence electrons. The molecule has 0 spiro atoms. The van der Waals surface area contributed by atoms with Crippen molar-refractivity contribution >= 4 is 5.97 Å². The molecule has 0 bridgehead atoms. The third kappa shape index (κ3) is 7.01. The Morgan fingerprint density at radius 1 is 1.50 bits per heavy atom. The van der Waals surface area contributed by atoms with Gasteiger partial charge in [-0.2, -0.15) is 0 Å². The molecule has 0 rings (SSSR count). The standard InChI is InChI=1S/C7H12O3/c1-7(2,3)10-5-4-6(8)9/h4-5H,1-3H3,(H,8,9). The van der Waals surface area contributed by atoms with Crippen LogP contribution < -0.4 is 0 Å². The molecule has 0 aromatic heterocycles. The smallest absolute Gasteiger partial charge is 0.331 e. The lowest BCUT2D eigenvalue weighted by atomic mass is 10.2. The van der Waals surface area contributed by atoms with E-state index in [1.165, 1.54) is 6.26 Å². The van der Waals surface area contributed by atoms with E-state index in [1.54, 1.807) is 0 Å². The second-order valence-electron chi connectivity index (χ2n) is 2.87. The Morgan fingerprint density at radius 3 is 2.30 bits per heavy atom. The van der Waals surface area contributed by atoms with E-state index in [9.17, 15) is 4.79 Å². The summed E-state index contributed by atoms with van der Waals surface area (Å²) in [4.78, 5) is 9.92. The van der Waals surface area contributed by atoms with Gasteiger partial charge in [-0.05, 0) is 20.8 Å². The Hall–Kier alpha value is -0.990. The first-order valence-corrected chi connectivity index (χ1v) is 2.99. The van der Waals surface area contributed by atoms with Crippen molar-refractivity contribution in [1.29, 1.82) is 0 Å². The maximum Gasteiger partial charge on any atom is 0.331 e. The molecule has 0 amide bonds. The summed E-state index contributed by atoms with van der Waals surface area (Å²) in [6.07, 6.45) is 2.15. The van der Waals surface area contributed by atoms with Crippen LogP contribution in [0.25, 0.3) is 0 Å². The number of carboxylic acid groups (broad SMARTS) is 1. The number of rotatable bonds is 2. The first kappa shape index (κ1) is 9.01. The van der Waals surface area contributed by atoms with E-state index in [0.29, 0.717) is 0 Å². The van der Waals surface area contributed by atoms with Crippen molar-refractivity contribution in [3.8, 4) is 0 Å². The Morgan fingerprint density at radius 2 is 2.00 bits per heavy atom. The lowest BCUT2D eigenvalue weighted by Gasteiger charge is -2.16. The van der Waals surface area contributed by atoms with Gasteiger partial charge in [-0.25, -0.2) is 4.79 Å². The highest BCUT2D eigenvalue weighted by atomic mass is 16.5. The molecule has 0 heterocycles. The maximum atomic E-state index is 9.92. The summed E-state index contributed by atoms with van der Waals surface area (Å²) in [6.45, 7) is 5.54. The fraction of sp³-hybridized carbons (Fsp3) is 0.571. The molecule has 0 atom stereocenters. The zero-order valence-corrected chi connectivity index (χ0v) is 6.42. The number of hydrogen-bond acceptors (Lipinski definition) is 2. The van der Waals surface area contributed by atoms with Crippen molar-refractivity contribution < 1.29 is 14.6 Å². The van der Waals surface area contributed by atoms with Crippen molar-refractivity contribution in [2.45, 2.75) is 26.4 Å². The van der Waals surface area contributed by atoms with Gasteiger partial charge in [0.2, 0.25) is 0 Å². The van der Waals surface area contributed by atoms with E-state index in [0.717, 1.165) is 6.08 Å². The SMILES string of the molecule is CC(C)(C)OC=CC(=O)O. The average molecular weight is 144 g/mol. The molecule has 0 saturated heterocycles. The molecular weight excluding hydrogens is 132 g/mol. The van der Waals surface area contributed by atoms with Crippen molar-refractivity contribution in [3.63, 3.8) is 0 Å². The topological polar surface area (TPSA) is 46.5 Å². The van der Waals surface area contributed by atoms with Gasteiger partial charge in [0.15, 0.2) is 0 Å². The van der Waals surface area contributed by atoms with Crippen LogP contribution in [0.1, 0.15) is 20.8 Å². The summed E-state index contributed by atoms with van der Waals surface area (Å²) in [7, 11) is 0. The Kier molecular flexibility index (Phi) is 2.93. The molecule has 0 unspecified atom stereocenters. The van der Waals surface area contributed by atoms with Gasteiger partial charge in [0, 0.05) is 0 Å². The largest absolute Gasteiger partial charge is 0.495 e. The fourth-order valence-corrected chi connectivity index (χ4v) is 0.296. The summed E-state index contributed by atoms with van der Waals surface area (Å²) < 4.78 is 4.98. The third-order valence-electron chi connectivity index (χ3n) is 0.632. The van der Waals surface area contributed by atoms with Crippen molar-refractivity contribution in [1.82, 2.24) is 0 Å². The van der Waals surface area contributed by atoms with E-state index in [4.69, 9.17) is 9.84 Å². The first-order chi connectivity index (χ1) is 4.42. The predicted octanol–water partition coefficient (Wildman–Crippen LogP) is 1.40. The zero-order chi connectivity index (χ0) is 8.20. The summed E-state index contributed by atoms with van der Waals surface area (Å²) in [5.74, 6) is -0.996. The molecule has 0 radical (unpaired) electrons. The van der Waals surface area contributed by atoms with Crippen LogP contribution in [0.4, 0.5) is 0 Å². The maximum absolute atomic E-state index is 9.92. The molecule has 0 aliphatic heterocycles. The molecule has 0 fully saturated rings. The molecule has 3 heteroatoms. The molecule has 0 aromatic carbocycles. The van der Waals surface area contributed by atoms with Crippen LogP contribution in [0.3, 0.4) is 0 Å². The minimum absolute atomic E-state index is 0.314. The second kappa shape index (κ2) is 3.25. The Balaban J connectivity index is 3.64. The predicted molar refractivity (Wildman–Crippen MR) is 37.6 cm³/mol. The van der Waals surface area contributed by atoms with Gasteiger partial charge in [-0.15, -0.1) is 0 Å². The summed E-state index contributed by atoms with van der Waals surface area (Å²) in [5.41, 5.74) is -0.314. The van der Waals surface area contributed by atoms with Crippen LogP contribution in [-0.4, -0.2) is 16.7 Å². The van der Waals surface area contributed by atoms with Crippen LogP contribution in [0.2, 0.25) is 0 Å². The van der Waals surface area contributed by atoms with Gasteiger partial charge in [-0.3, -0.25) is 0 Å². The van der Waals surface area contributed by atoms with Crippen molar-refractivity contribution in [3.05, 3.63) is 12.3 Å². The van der Waals surface area contributed by atoms with E-state index in [2.05, 4.69) is 0 Å². The normalized spacial score (nSPS) is 11.9. The zero-order valence-electron chi connectivity index (χ0n) is 6.42. The Labute approximate surface area is 60.3 Å². The average Bonchev–Trinajstić information content (AvgIpc) is 1.59. The Bertz CT molecular complexity index is 141.